The topological polar surface area (TPSA) is 190 Å². The molecule has 0 saturated heterocycles. The Kier molecular flexibility index (Phi) is 39.9. The zero-order valence-electron chi connectivity index (χ0n) is 20.6. The second kappa shape index (κ2) is 29.7. The first-order valence-electron chi connectivity index (χ1n) is 10.3. The number of hydrogen-bond acceptors (Lipinski definition) is 10. The Morgan fingerprint density at radius 3 is 1.45 bits per heavy atom. The van der Waals surface area contributed by atoms with Gasteiger partial charge in [-0.3, -0.25) is 18.0 Å². The van der Waals surface area contributed by atoms with Crippen LogP contribution in [-0.2, 0) is 29.5 Å². The molecule has 0 amide bonds. The van der Waals surface area contributed by atoms with Gasteiger partial charge in [0.2, 0.25) is 0 Å². The Hall–Kier alpha value is 1.44. The molecule has 0 bridgehead atoms. The number of aliphatic carboxylic acids is 1. The molecular weight excluding hydrogens is 487 g/mol. The van der Waals surface area contributed by atoms with Gasteiger partial charge in [0.05, 0.1) is 5.97 Å². The van der Waals surface area contributed by atoms with Crippen LogP contribution in [0.2, 0.25) is 0 Å². The molecule has 0 spiro atoms. The number of carbonyl (C=O) groups is 3. The van der Waals surface area contributed by atoms with Gasteiger partial charge in [-0.15, -0.1) is 0 Å². The van der Waals surface area contributed by atoms with Crippen molar-refractivity contribution in [2.75, 3.05) is 0 Å². The van der Waals surface area contributed by atoms with Crippen LogP contribution >= 0.6 is 0 Å². The van der Waals surface area contributed by atoms with Gasteiger partial charge in [0, 0.05) is 29.3 Å². The van der Waals surface area contributed by atoms with Crippen molar-refractivity contribution in [1.29, 1.82) is 0 Å². The van der Waals surface area contributed by atoms with E-state index in [4.69, 9.17) is 23.3 Å². The minimum Gasteiger partial charge on any atom is -0.759 e. The molecule has 0 aromatic rings. The van der Waals surface area contributed by atoms with Crippen LogP contribution in [0.4, 0.5) is 0 Å². The quantitative estimate of drug-likeness (QED) is 0.0510. The second-order valence-electron chi connectivity index (χ2n) is 7.00. The van der Waals surface area contributed by atoms with Crippen LogP contribution in [0.1, 0.15) is 96.8 Å². The van der Waals surface area contributed by atoms with Crippen molar-refractivity contribution < 1.29 is 130 Å². The summed E-state index contributed by atoms with van der Waals surface area (Å²) in [4.78, 5) is 33.3. The summed E-state index contributed by atoms with van der Waals surface area (Å²) in [5.74, 6) is -2.70. The Balaban J connectivity index is -0.000000293. The number of carbonyl (C=O) groups excluding carboxylic acids is 3. The Morgan fingerprint density at radius 2 is 1.09 bits per heavy atom. The number of ether oxygens (including phenoxy) is 1. The monoisotopic (exact) mass is 521 g/mol. The van der Waals surface area contributed by atoms with Crippen molar-refractivity contribution in [1.82, 2.24) is 0 Å². The van der Waals surface area contributed by atoms with Crippen LogP contribution in [0, 0.1) is 0 Å². The minimum absolute atomic E-state index is 0. The first-order valence-corrected chi connectivity index (χ1v) is 11.7. The van der Waals surface area contributed by atoms with E-state index in [9.17, 15) is 19.5 Å². The van der Waals surface area contributed by atoms with E-state index in [0.29, 0.717) is 6.42 Å². The zero-order chi connectivity index (χ0) is 23.4. The Labute approximate surface area is 264 Å². The van der Waals surface area contributed by atoms with E-state index in [1.807, 2.05) is 0 Å². The molecule has 0 aliphatic carbocycles. The van der Waals surface area contributed by atoms with Gasteiger partial charge in [-0.05, 0) is 12.8 Å². The molecule has 0 heterocycles. The van der Waals surface area contributed by atoms with Gasteiger partial charge >= 0.3 is 101 Å². The zero-order valence-corrected chi connectivity index (χ0v) is 27.5. The average molecular weight is 522 g/mol. The average Bonchev–Trinajstić information content (AvgIpc) is 2.62. The molecule has 0 saturated carbocycles. The standard InChI is InChI=1S/C19H35NO5.3Na.H2O4S/c1-2-3-4-5-6-7-8-9-10-11-12-13-17(21)25-18(22)15-14-16(20)19(23)24;;;;1-5(2,3)4/h16H,2-15,20H2,1H3,(H,23,24);;;;(H2,1,2,3,4)/q;3*+1;/p-3/t16-;;;;/m0..../s1. The molecular formula is C19H34NNa3O9S. The number of esters is 2. The number of unbranched alkanes of at least 4 members (excludes halogenated alkanes) is 10. The van der Waals surface area contributed by atoms with Gasteiger partial charge in [-0.25, -0.2) is 0 Å². The van der Waals surface area contributed by atoms with Crippen LogP contribution in [0.25, 0.3) is 0 Å². The number of hydrogen-bond donors (Lipinski definition) is 1. The van der Waals surface area contributed by atoms with Crippen LogP contribution < -0.4 is 99.5 Å². The largest absolute Gasteiger partial charge is 1.00 e. The molecule has 0 fully saturated rings. The van der Waals surface area contributed by atoms with E-state index >= 15 is 0 Å². The molecule has 0 radical (unpaired) electrons. The molecule has 178 valence electrons. The molecule has 0 aliphatic heterocycles. The van der Waals surface area contributed by atoms with E-state index in [-0.39, 0.29) is 108 Å². The van der Waals surface area contributed by atoms with Crippen molar-refractivity contribution in [2.45, 2.75) is 103 Å². The van der Waals surface area contributed by atoms with E-state index < -0.39 is 34.3 Å². The van der Waals surface area contributed by atoms with Crippen molar-refractivity contribution >= 4 is 28.3 Å². The van der Waals surface area contributed by atoms with Crippen molar-refractivity contribution in [3.05, 3.63) is 0 Å². The molecule has 0 aliphatic rings. The SMILES string of the molecule is CCCCCCCCCCCCCC(=O)OC(=O)CC[C@H](N)C(=O)[O-].O=S(=O)([O-])[O-].[Na+].[Na+].[Na+]. The molecule has 2 N–H and O–H groups in total. The third-order valence-electron chi connectivity index (χ3n) is 4.17. The summed E-state index contributed by atoms with van der Waals surface area (Å²) in [6, 6.07) is -1.21. The third-order valence-corrected chi connectivity index (χ3v) is 4.17. The van der Waals surface area contributed by atoms with Gasteiger partial charge in [0.25, 0.3) is 0 Å². The summed E-state index contributed by atoms with van der Waals surface area (Å²) >= 11 is 0. The fraction of sp³-hybridized carbons (Fsp3) is 0.842. The molecule has 0 rings (SSSR count). The molecule has 33 heavy (non-hydrogen) atoms. The first-order chi connectivity index (χ1) is 14.0. The minimum atomic E-state index is -5.17. The van der Waals surface area contributed by atoms with Crippen molar-refractivity contribution in [3.8, 4) is 0 Å². The Bertz CT molecular complexity index is 585. The third kappa shape index (κ3) is 43.9. The summed E-state index contributed by atoms with van der Waals surface area (Å²) in [7, 11) is -5.17. The van der Waals surface area contributed by atoms with Crippen molar-refractivity contribution in [2.24, 2.45) is 5.73 Å². The normalized spacial score (nSPS) is 10.8. The Morgan fingerprint density at radius 1 is 0.758 bits per heavy atom. The number of carboxylic acids is 1. The summed E-state index contributed by atoms with van der Waals surface area (Å²) in [5.41, 5.74) is 5.22. The summed E-state index contributed by atoms with van der Waals surface area (Å²) in [5, 5.41) is 10.4. The van der Waals surface area contributed by atoms with E-state index in [1.54, 1.807) is 0 Å². The molecule has 0 aromatic carbocycles. The summed E-state index contributed by atoms with van der Waals surface area (Å²) in [6.07, 6.45) is 13.0. The maximum absolute atomic E-state index is 11.5. The number of nitrogens with two attached hydrogens (primary N) is 1. The van der Waals surface area contributed by atoms with Crippen molar-refractivity contribution in [3.63, 3.8) is 0 Å². The number of carboxylic acid groups (broad SMARTS) is 1. The van der Waals surface area contributed by atoms with Crippen LogP contribution in [0.15, 0.2) is 0 Å². The summed E-state index contributed by atoms with van der Waals surface area (Å²) < 4.78 is 38.7. The fourth-order valence-corrected chi connectivity index (χ4v) is 2.55. The smallest absolute Gasteiger partial charge is 0.759 e. The first kappa shape index (κ1) is 44.4. The molecule has 0 unspecified atom stereocenters. The van der Waals surface area contributed by atoms with E-state index in [0.717, 1.165) is 12.8 Å². The molecule has 0 aromatic heterocycles. The fourth-order valence-electron chi connectivity index (χ4n) is 2.55. The van der Waals surface area contributed by atoms with Gasteiger partial charge in [0.1, 0.15) is 0 Å². The van der Waals surface area contributed by atoms with Crippen LogP contribution in [0.3, 0.4) is 0 Å². The maximum atomic E-state index is 11.5. The molecule has 1 atom stereocenters. The van der Waals surface area contributed by atoms with E-state index in [1.165, 1.54) is 51.4 Å². The van der Waals surface area contributed by atoms with Gasteiger partial charge in [-0.2, -0.15) is 0 Å². The predicted octanol–water partition coefficient (Wildman–Crippen LogP) is -7.71. The number of rotatable bonds is 16. The van der Waals surface area contributed by atoms with Crippen LogP contribution in [0.5, 0.6) is 0 Å². The second-order valence-corrected chi connectivity index (χ2v) is 7.82. The predicted molar refractivity (Wildman–Crippen MR) is 105 cm³/mol. The van der Waals surface area contributed by atoms with E-state index in [2.05, 4.69) is 11.7 Å². The maximum Gasteiger partial charge on any atom is 1.00 e. The summed E-state index contributed by atoms with van der Waals surface area (Å²) in [6.45, 7) is 2.22. The van der Waals surface area contributed by atoms with Gasteiger partial charge in [0.15, 0.2) is 0 Å². The molecule has 10 nitrogen and oxygen atoms in total. The van der Waals surface area contributed by atoms with Gasteiger partial charge < -0.3 is 29.5 Å². The van der Waals surface area contributed by atoms with Gasteiger partial charge in [-0.1, -0.05) is 71.1 Å². The molecule has 14 heteroatoms. The van der Waals surface area contributed by atoms with Crippen LogP contribution in [-0.4, -0.2) is 41.5 Å².